The number of anilines is 3. The summed E-state index contributed by atoms with van der Waals surface area (Å²) in [7, 11) is 0. The highest BCUT2D eigenvalue weighted by Gasteiger charge is 2.35. The predicted molar refractivity (Wildman–Crippen MR) is 116 cm³/mol. The fraction of sp³-hybridized carbons (Fsp3) is 0.125. The van der Waals surface area contributed by atoms with E-state index in [1.165, 1.54) is 24.3 Å². The first-order chi connectivity index (χ1) is 15.0. The van der Waals surface area contributed by atoms with Gasteiger partial charge in [0, 0.05) is 35.6 Å². The Kier molecular flexibility index (Phi) is 5.75. The number of carbonyl (C=O) groups is 3. The third-order valence-electron chi connectivity index (χ3n) is 5.08. The van der Waals surface area contributed by atoms with E-state index in [9.17, 15) is 18.8 Å². The zero-order valence-corrected chi connectivity index (χ0v) is 16.5. The van der Waals surface area contributed by atoms with Gasteiger partial charge in [-0.2, -0.15) is 0 Å². The van der Waals surface area contributed by atoms with Crippen LogP contribution in [0.4, 0.5) is 21.5 Å². The molecular weight excluding hydrogens is 397 g/mol. The van der Waals surface area contributed by atoms with Crippen molar-refractivity contribution in [3.63, 3.8) is 0 Å². The van der Waals surface area contributed by atoms with Gasteiger partial charge >= 0.3 is 0 Å². The molecule has 1 saturated heterocycles. The first-order valence-corrected chi connectivity index (χ1v) is 9.83. The van der Waals surface area contributed by atoms with Crippen molar-refractivity contribution in [3.8, 4) is 0 Å². The summed E-state index contributed by atoms with van der Waals surface area (Å²) in [6.07, 6.45) is 0.152. The lowest BCUT2D eigenvalue weighted by atomic mass is 10.1. The van der Waals surface area contributed by atoms with E-state index >= 15 is 0 Å². The molecule has 0 aromatic heterocycles. The van der Waals surface area contributed by atoms with Crippen molar-refractivity contribution in [2.24, 2.45) is 5.92 Å². The molecular formula is C24H20FN3O3. The summed E-state index contributed by atoms with van der Waals surface area (Å²) in [5, 5.41) is 5.49. The molecule has 6 nitrogen and oxygen atoms in total. The van der Waals surface area contributed by atoms with Gasteiger partial charge in [0.1, 0.15) is 5.82 Å². The number of nitrogens with one attached hydrogen (secondary N) is 2. The minimum atomic E-state index is -0.450. The van der Waals surface area contributed by atoms with E-state index in [1.54, 1.807) is 29.2 Å². The Bertz CT molecular complexity index is 1100. The molecule has 7 heteroatoms. The van der Waals surface area contributed by atoms with Crippen LogP contribution in [0.15, 0.2) is 78.9 Å². The number of halogens is 1. The van der Waals surface area contributed by atoms with Crippen molar-refractivity contribution >= 4 is 34.8 Å². The first kappa shape index (κ1) is 20.3. The van der Waals surface area contributed by atoms with Gasteiger partial charge in [0.15, 0.2) is 0 Å². The zero-order valence-electron chi connectivity index (χ0n) is 16.5. The number of nitrogens with zero attached hydrogens (tertiary/aromatic N) is 1. The summed E-state index contributed by atoms with van der Waals surface area (Å²) in [5.74, 6) is -1.50. The molecule has 3 aromatic rings. The van der Waals surface area contributed by atoms with Crippen molar-refractivity contribution in [2.45, 2.75) is 6.42 Å². The quantitative estimate of drug-likeness (QED) is 0.657. The summed E-state index contributed by atoms with van der Waals surface area (Å²) in [6, 6.07) is 21.2. The van der Waals surface area contributed by atoms with Gasteiger partial charge in [0.2, 0.25) is 11.8 Å². The van der Waals surface area contributed by atoms with Crippen LogP contribution in [-0.2, 0) is 9.59 Å². The molecule has 0 radical (unpaired) electrons. The van der Waals surface area contributed by atoms with E-state index in [4.69, 9.17) is 0 Å². The fourth-order valence-corrected chi connectivity index (χ4v) is 3.43. The highest BCUT2D eigenvalue weighted by molar-refractivity contribution is 6.05. The van der Waals surface area contributed by atoms with Gasteiger partial charge in [0.25, 0.3) is 5.91 Å². The lowest BCUT2D eigenvalue weighted by Crippen LogP contribution is -2.28. The lowest BCUT2D eigenvalue weighted by Gasteiger charge is -2.16. The Morgan fingerprint density at radius 2 is 1.45 bits per heavy atom. The molecule has 4 rings (SSSR count). The standard InChI is InChI=1S/C24H20FN3O3/c25-18-8-12-20(13-9-18)26-23(30)16-6-10-19(11-7-16)27-24(31)17-14-22(29)28(15-17)21-4-2-1-3-5-21/h1-13,17H,14-15H2,(H,26,30)(H,27,31). The van der Waals surface area contributed by atoms with E-state index in [1.807, 2.05) is 30.3 Å². The molecule has 0 saturated carbocycles. The van der Waals surface area contributed by atoms with E-state index < -0.39 is 5.92 Å². The Morgan fingerprint density at radius 1 is 0.839 bits per heavy atom. The largest absolute Gasteiger partial charge is 0.326 e. The van der Waals surface area contributed by atoms with Crippen LogP contribution in [0.1, 0.15) is 16.8 Å². The summed E-state index contributed by atoms with van der Waals surface area (Å²) in [4.78, 5) is 38.9. The average molecular weight is 417 g/mol. The van der Waals surface area contributed by atoms with Crippen molar-refractivity contribution in [2.75, 3.05) is 22.1 Å². The second kappa shape index (κ2) is 8.79. The Balaban J connectivity index is 1.35. The van der Waals surface area contributed by atoms with E-state index in [0.29, 0.717) is 23.5 Å². The van der Waals surface area contributed by atoms with Crippen molar-refractivity contribution < 1.29 is 18.8 Å². The number of carbonyl (C=O) groups excluding carboxylic acids is 3. The van der Waals surface area contributed by atoms with Crippen LogP contribution in [0, 0.1) is 11.7 Å². The molecule has 1 atom stereocenters. The molecule has 1 aliphatic heterocycles. The van der Waals surface area contributed by atoms with Crippen molar-refractivity contribution in [3.05, 3.63) is 90.2 Å². The van der Waals surface area contributed by atoms with Crippen molar-refractivity contribution in [1.29, 1.82) is 0 Å². The van der Waals surface area contributed by atoms with Crippen LogP contribution < -0.4 is 15.5 Å². The topological polar surface area (TPSA) is 78.5 Å². The normalized spacial score (nSPS) is 15.6. The molecule has 1 aliphatic rings. The number of hydrogen-bond acceptors (Lipinski definition) is 3. The van der Waals surface area contributed by atoms with Crippen molar-refractivity contribution in [1.82, 2.24) is 0 Å². The van der Waals surface area contributed by atoms with Crippen LogP contribution >= 0.6 is 0 Å². The maximum Gasteiger partial charge on any atom is 0.255 e. The minimum absolute atomic E-state index is 0.0841. The second-order valence-corrected chi connectivity index (χ2v) is 7.27. The molecule has 1 fully saturated rings. The van der Waals surface area contributed by atoms with E-state index in [0.717, 1.165) is 5.69 Å². The van der Waals surface area contributed by atoms with Crippen LogP contribution in [0.25, 0.3) is 0 Å². The number of amides is 3. The average Bonchev–Trinajstić information content (AvgIpc) is 3.18. The highest BCUT2D eigenvalue weighted by Crippen LogP contribution is 2.26. The zero-order chi connectivity index (χ0) is 21.8. The van der Waals surface area contributed by atoms with Gasteiger partial charge in [-0.1, -0.05) is 18.2 Å². The van der Waals surface area contributed by atoms with Gasteiger partial charge in [-0.25, -0.2) is 4.39 Å². The molecule has 31 heavy (non-hydrogen) atoms. The molecule has 0 spiro atoms. The van der Waals surface area contributed by atoms with Gasteiger partial charge in [-0.15, -0.1) is 0 Å². The second-order valence-electron chi connectivity index (χ2n) is 7.27. The van der Waals surface area contributed by atoms with E-state index in [2.05, 4.69) is 10.6 Å². The molecule has 1 unspecified atom stereocenters. The Morgan fingerprint density at radius 3 is 2.13 bits per heavy atom. The summed E-state index contributed by atoms with van der Waals surface area (Å²) >= 11 is 0. The molecule has 3 aromatic carbocycles. The van der Waals surface area contributed by atoms with Crippen LogP contribution in [0.5, 0.6) is 0 Å². The Hall–Kier alpha value is -4.00. The molecule has 3 amide bonds. The molecule has 0 bridgehead atoms. The number of hydrogen-bond donors (Lipinski definition) is 2. The number of para-hydroxylation sites is 1. The lowest BCUT2D eigenvalue weighted by molar-refractivity contribution is -0.122. The highest BCUT2D eigenvalue weighted by atomic mass is 19.1. The summed E-state index contributed by atoms with van der Waals surface area (Å²) in [6.45, 7) is 0.326. The SMILES string of the molecule is O=C(Nc1ccc(F)cc1)c1ccc(NC(=O)C2CC(=O)N(c3ccccc3)C2)cc1. The first-order valence-electron chi connectivity index (χ1n) is 9.83. The summed E-state index contributed by atoms with van der Waals surface area (Å²) in [5.41, 5.74) is 2.19. The predicted octanol–water partition coefficient (Wildman–Crippen LogP) is 4.07. The smallest absolute Gasteiger partial charge is 0.255 e. The number of rotatable bonds is 5. The number of benzene rings is 3. The van der Waals surface area contributed by atoms with Gasteiger partial charge in [-0.3, -0.25) is 14.4 Å². The molecule has 1 heterocycles. The third-order valence-corrected chi connectivity index (χ3v) is 5.08. The van der Waals surface area contributed by atoms with Gasteiger partial charge < -0.3 is 15.5 Å². The maximum atomic E-state index is 13.0. The van der Waals surface area contributed by atoms with E-state index in [-0.39, 0.29) is 30.0 Å². The molecule has 0 aliphatic carbocycles. The third kappa shape index (κ3) is 4.78. The van der Waals surface area contributed by atoms with Gasteiger partial charge in [0.05, 0.1) is 5.92 Å². The summed E-state index contributed by atoms with van der Waals surface area (Å²) < 4.78 is 13.0. The minimum Gasteiger partial charge on any atom is -0.326 e. The Labute approximate surface area is 178 Å². The monoisotopic (exact) mass is 417 g/mol. The molecule has 156 valence electrons. The van der Waals surface area contributed by atoms with Gasteiger partial charge in [-0.05, 0) is 60.7 Å². The van der Waals surface area contributed by atoms with Crippen LogP contribution in [0.3, 0.4) is 0 Å². The maximum absolute atomic E-state index is 13.0. The molecule has 2 N–H and O–H groups in total. The van der Waals surface area contributed by atoms with Crippen LogP contribution in [-0.4, -0.2) is 24.3 Å². The fourth-order valence-electron chi connectivity index (χ4n) is 3.43. The van der Waals surface area contributed by atoms with Crippen LogP contribution in [0.2, 0.25) is 0 Å².